The molecule has 0 aliphatic carbocycles. The van der Waals surface area contributed by atoms with E-state index in [1.807, 2.05) is 39.0 Å². The Hall–Kier alpha value is -3.48. The predicted molar refractivity (Wildman–Crippen MR) is 111 cm³/mol. The van der Waals surface area contributed by atoms with E-state index in [0.29, 0.717) is 29.3 Å². The minimum atomic E-state index is -0.454. The molecule has 3 aromatic rings. The molecule has 7 nitrogen and oxygen atoms in total. The van der Waals surface area contributed by atoms with Crippen LogP contribution in [-0.2, 0) is 0 Å². The van der Waals surface area contributed by atoms with Gasteiger partial charge in [0.1, 0.15) is 11.3 Å². The van der Waals surface area contributed by atoms with Crippen LogP contribution in [0.3, 0.4) is 0 Å². The van der Waals surface area contributed by atoms with Crippen molar-refractivity contribution in [2.24, 2.45) is 5.10 Å². The second-order valence-electron chi connectivity index (χ2n) is 6.49. The minimum Gasteiger partial charge on any atom is -0.494 e. The molecule has 0 saturated carbocycles. The lowest BCUT2D eigenvalue weighted by molar-refractivity contribution is 0.0929. The van der Waals surface area contributed by atoms with Crippen LogP contribution in [0, 0.1) is 0 Å². The average molecular weight is 396 g/mol. The second-order valence-corrected chi connectivity index (χ2v) is 6.49. The summed E-state index contributed by atoms with van der Waals surface area (Å²) in [6, 6.07) is 12.5. The number of carbonyl (C=O) groups is 1. The number of hydrazone groups is 1. The fourth-order valence-electron chi connectivity index (χ4n) is 2.76. The SMILES string of the molecule is CCOc1ccc2oc(C(=O)N/N=C/c3cccc(OC)c3OC(C)C)cc2c1. The highest BCUT2D eigenvalue weighted by molar-refractivity contribution is 5.97. The Balaban J connectivity index is 1.75. The molecule has 0 bridgehead atoms. The fraction of sp³-hybridized carbons (Fsp3) is 0.273. The number of hydrogen-bond donors (Lipinski definition) is 1. The van der Waals surface area contributed by atoms with Gasteiger partial charge in [0.15, 0.2) is 17.3 Å². The van der Waals surface area contributed by atoms with E-state index in [1.165, 1.54) is 6.21 Å². The number of benzene rings is 2. The van der Waals surface area contributed by atoms with Crippen LogP contribution in [0.5, 0.6) is 17.2 Å². The van der Waals surface area contributed by atoms with Crippen LogP contribution in [0.15, 0.2) is 52.0 Å². The van der Waals surface area contributed by atoms with Crippen LogP contribution in [0.4, 0.5) is 0 Å². The van der Waals surface area contributed by atoms with Gasteiger partial charge in [-0.3, -0.25) is 4.79 Å². The molecule has 3 rings (SSSR count). The zero-order chi connectivity index (χ0) is 20.8. The molecule has 152 valence electrons. The molecule has 1 amide bonds. The lowest BCUT2D eigenvalue weighted by Gasteiger charge is -2.15. The van der Waals surface area contributed by atoms with Crippen molar-refractivity contribution >= 4 is 23.1 Å². The zero-order valence-corrected chi connectivity index (χ0v) is 16.9. The van der Waals surface area contributed by atoms with E-state index in [9.17, 15) is 4.79 Å². The van der Waals surface area contributed by atoms with Crippen LogP contribution in [0.2, 0.25) is 0 Å². The molecular weight excluding hydrogens is 372 g/mol. The van der Waals surface area contributed by atoms with Crippen molar-refractivity contribution in [3.63, 3.8) is 0 Å². The Morgan fingerprint density at radius 1 is 1.24 bits per heavy atom. The largest absolute Gasteiger partial charge is 0.494 e. The van der Waals surface area contributed by atoms with Gasteiger partial charge in [-0.1, -0.05) is 6.07 Å². The summed E-state index contributed by atoms with van der Waals surface area (Å²) >= 11 is 0. The van der Waals surface area contributed by atoms with E-state index in [1.54, 1.807) is 31.4 Å². The number of rotatable bonds is 8. The summed E-state index contributed by atoms with van der Waals surface area (Å²) in [6.45, 7) is 6.33. The Kier molecular flexibility index (Phi) is 6.39. The average Bonchev–Trinajstić information content (AvgIpc) is 3.12. The third kappa shape index (κ3) is 4.87. The highest BCUT2D eigenvalue weighted by Crippen LogP contribution is 2.31. The van der Waals surface area contributed by atoms with Crippen molar-refractivity contribution in [3.05, 3.63) is 53.8 Å². The number of nitrogens with one attached hydrogen (secondary N) is 1. The van der Waals surface area contributed by atoms with E-state index < -0.39 is 5.91 Å². The van der Waals surface area contributed by atoms with E-state index in [4.69, 9.17) is 18.6 Å². The summed E-state index contributed by atoms with van der Waals surface area (Å²) in [5.74, 6) is 1.59. The number of amides is 1. The molecule has 1 heterocycles. The van der Waals surface area contributed by atoms with Gasteiger partial charge in [-0.15, -0.1) is 0 Å². The van der Waals surface area contributed by atoms with Gasteiger partial charge in [0, 0.05) is 10.9 Å². The molecule has 0 atom stereocenters. The van der Waals surface area contributed by atoms with Crippen LogP contribution < -0.4 is 19.6 Å². The Bertz CT molecular complexity index is 1020. The summed E-state index contributed by atoms with van der Waals surface area (Å²) in [6.07, 6.45) is 1.47. The quantitative estimate of drug-likeness (QED) is 0.451. The summed E-state index contributed by atoms with van der Waals surface area (Å²) in [5.41, 5.74) is 3.76. The first-order valence-electron chi connectivity index (χ1n) is 9.35. The van der Waals surface area contributed by atoms with E-state index >= 15 is 0 Å². The van der Waals surface area contributed by atoms with Gasteiger partial charge in [-0.25, -0.2) is 5.43 Å². The zero-order valence-electron chi connectivity index (χ0n) is 16.9. The molecule has 29 heavy (non-hydrogen) atoms. The van der Waals surface area contributed by atoms with Crippen molar-refractivity contribution in [1.82, 2.24) is 5.43 Å². The molecule has 2 aromatic carbocycles. The number of hydrogen-bond acceptors (Lipinski definition) is 6. The lowest BCUT2D eigenvalue weighted by Crippen LogP contribution is -2.17. The number of nitrogens with zero attached hydrogens (tertiary/aromatic N) is 1. The van der Waals surface area contributed by atoms with Crippen LogP contribution in [0.1, 0.15) is 36.9 Å². The second kappa shape index (κ2) is 9.14. The van der Waals surface area contributed by atoms with Crippen molar-refractivity contribution in [2.45, 2.75) is 26.9 Å². The first kappa shape index (κ1) is 20.3. The summed E-state index contributed by atoms with van der Waals surface area (Å²) in [5, 5.41) is 4.82. The predicted octanol–water partition coefficient (Wildman–Crippen LogP) is 4.39. The Morgan fingerprint density at radius 3 is 2.79 bits per heavy atom. The monoisotopic (exact) mass is 396 g/mol. The van der Waals surface area contributed by atoms with Gasteiger partial charge in [0.05, 0.1) is 26.0 Å². The number of methoxy groups -OCH3 is 1. The van der Waals surface area contributed by atoms with Crippen molar-refractivity contribution < 1.29 is 23.4 Å². The standard InChI is InChI=1S/C22H24N2O5/c1-5-27-17-9-10-18-16(11-17)12-20(29-18)22(25)24-23-13-15-7-6-8-19(26-4)21(15)28-14(2)3/h6-14H,5H2,1-4H3,(H,24,25)/b23-13+. The minimum absolute atomic E-state index is 0.0369. The topological polar surface area (TPSA) is 82.3 Å². The number of para-hydroxylation sites is 1. The van der Waals surface area contributed by atoms with Crippen LogP contribution >= 0.6 is 0 Å². The summed E-state index contributed by atoms with van der Waals surface area (Å²) in [7, 11) is 1.57. The smallest absolute Gasteiger partial charge is 0.307 e. The Morgan fingerprint density at radius 2 is 2.07 bits per heavy atom. The van der Waals surface area contributed by atoms with E-state index in [0.717, 1.165) is 11.1 Å². The normalized spacial score (nSPS) is 11.2. The molecule has 0 aliphatic rings. The maximum atomic E-state index is 12.4. The molecule has 1 N–H and O–H groups in total. The molecule has 0 unspecified atom stereocenters. The molecule has 0 spiro atoms. The Labute approximate surface area is 169 Å². The molecule has 0 fully saturated rings. The van der Waals surface area contributed by atoms with Gasteiger partial charge in [-0.2, -0.15) is 5.10 Å². The van der Waals surface area contributed by atoms with Crippen molar-refractivity contribution in [3.8, 4) is 17.2 Å². The number of carbonyl (C=O) groups excluding carboxylic acids is 1. The summed E-state index contributed by atoms with van der Waals surface area (Å²) < 4.78 is 22.2. The summed E-state index contributed by atoms with van der Waals surface area (Å²) in [4.78, 5) is 12.4. The van der Waals surface area contributed by atoms with Crippen LogP contribution in [-0.4, -0.2) is 31.9 Å². The van der Waals surface area contributed by atoms with Crippen LogP contribution in [0.25, 0.3) is 11.0 Å². The van der Waals surface area contributed by atoms with Gasteiger partial charge >= 0.3 is 5.91 Å². The van der Waals surface area contributed by atoms with E-state index in [-0.39, 0.29) is 11.9 Å². The van der Waals surface area contributed by atoms with Gasteiger partial charge in [0.25, 0.3) is 0 Å². The van der Waals surface area contributed by atoms with Gasteiger partial charge in [-0.05, 0) is 57.2 Å². The lowest BCUT2D eigenvalue weighted by atomic mass is 10.2. The van der Waals surface area contributed by atoms with Crippen molar-refractivity contribution in [1.29, 1.82) is 0 Å². The van der Waals surface area contributed by atoms with Gasteiger partial charge < -0.3 is 18.6 Å². The third-order valence-corrected chi connectivity index (χ3v) is 3.98. The van der Waals surface area contributed by atoms with E-state index in [2.05, 4.69) is 10.5 Å². The maximum Gasteiger partial charge on any atom is 0.307 e. The molecule has 0 saturated heterocycles. The molecule has 7 heteroatoms. The number of fused-ring (bicyclic) bond motifs is 1. The first-order valence-corrected chi connectivity index (χ1v) is 9.35. The molecule has 0 radical (unpaired) electrons. The molecule has 0 aliphatic heterocycles. The molecular formula is C22H24N2O5. The number of ether oxygens (including phenoxy) is 3. The molecule has 1 aromatic heterocycles. The van der Waals surface area contributed by atoms with Gasteiger partial charge in [0.2, 0.25) is 0 Å². The van der Waals surface area contributed by atoms with Crippen molar-refractivity contribution in [2.75, 3.05) is 13.7 Å². The first-order chi connectivity index (χ1) is 14.0. The number of furan rings is 1. The fourth-order valence-corrected chi connectivity index (χ4v) is 2.76. The highest BCUT2D eigenvalue weighted by Gasteiger charge is 2.13. The highest BCUT2D eigenvalue weighted by atomic mass is 16.5. The maximum absolute atomic E-state index is 12.4. The third-order valence-electron chi connectivity index (χ3n) is 3.98.